The average Bonchev–Trinajstić information content (AvgIpc) is 2.78. The van der Waals surface area contributed by atoms with Gasteiger partial charge in [-0.15, -0.1) is 6.58 Å². The van der Waals surface area contributed by atoms with Crippen molar-refractivity contribution < 1.29 is 14.3 Å². The van der Waals surface area contributed by atoms with E-state index < -0.39 is 0 Å². The number of hydrogen-bond donors (Lipinski definition) is 1. The fourth-order valence-corrected chi connectivity index (χ4v) is 1.69. The third-order valence-corrected chi connectivity index (χ3v) is 2.78. The maximum atomic E-state index is 11.8. The molecule has 5 nitrogen and oxygen atoms in total. The van der Waals surface area contributed by atoms with Crippen molar-refractivity contribution in [3.63, 3.8) is 0 Å². The Balaban J connectivity index is 2.24. The van der Waals surface area contributed by atoms with Gasteiger partial charge in [0, 0.05) is 26.2 Å². The summed E-state index contributed by atoms with van der Waals surface area (Å²) in [6.07, 6.45) is 2.73. The van der Waals surface area contributed by atoms with Crippen molar-refractivity contribution in [2.75, 3.05) is 33.4 Å². The summed E-state index contributed by atoms with van der Waals surface area (Å²) in [5.74, 6) is 0. The van der Waals surface area contributed by atoms with Crippen LogP contribution in [0.4, 0.5) is 4.79 Å². The van der Waals surface area contributed by atoms with Crippen LogP contribution in [-0.2, 0) is 9.47 Å². The number of methoxy groups -OCH3 is 1. The van der Waals surface area contributed by atoms with Gasteiger partial charge in [0.2, 0.25) is 0 Å². The first-order valence-electron chi connectivity index (χ1n) is 5.96. The SMILES string of the molecule is C=C[C@@H](C)NC(=O)N1CC[C@H](OCCOC)C1. The van der Waals surface area contributed by atoms with Crippen molar-refractivity contribution in [3.05, 3.63) is 12.7 Å². The van der Waals surface area contributed by atoms with Crippen LogP contribution in [0.2, 0.25) is 0 Å². The summed E-state index contributed by atoms with van der Waals surface area (Å²) in [4.78, 5) is 13.6. The lowest BCUT2D eigenvalue weighted by Crippen LogP contribution is -2.42. The third-order valence-electron chi connectivity index (χ3n) is 2.78. The van der Waals surface area contributed by atoms with Crippen LogP contribution in [0.5, 0.6) is 0 Å². The highest BCUT2D eigenvalue weighted by atomic mass is 16.5. The van der Waals surface area contributed by atoms with Gasteiger partial charge in [0.05, 0.1) is 19.3 Å². The lowest BCUT2D eigenvalue weighted by Gasteiger charge is -2.19. The van der Waals surface area contributed by atoms with E-state index in [4.69, 9.17) is 9.47 Å². The van der Waals surface area contributed by atoms with Crippen molar-refractivity contribution in [1.29, 1.82) is 0 Å². The molecule has 0 saturated carbocycles. The topological polar surface area (TPSA) is 50.8 Å². The molecule has 1 heterocycles. The highest BCUT2D eigenvalue weighted by Crippen LogP contribution is 2.12. The second kappa shape index (κ2) is 7.29. The standard InChI is InChI=1S/C12H22N2O3/c1-4-10(2)13-12(15)14-6-5-11(9-14)17-8-7-16-3/h4,10-11H,1,5-9H2,2-3H3,(H,13,15)/t10-,11+/m1/s1. The van der Waals surface area contributed by atoms with E-state index in [0.717, 1.165) is 13.0 Å². The largest absolute Gasteiger partial charge is 0.382 e. The highest BCUT2D eigenvalue weighted by molar-refractivity contribution is 5.75. The van der Waals surface area contributed by atoms with Gasteiger partial charge in [0.1, 0.15) is 0 Å². The molecule has 1 aliphatic rings. The van der Waals surface area contributed by atoms with Crippen molar-refractivity contribution >= 4 is 6.03 Å². The number of carbonyl (C=O) groups is 1. The molecule has 1 aliphatic heterocycles. The Morgan fingerprint density at radius 1 is 1.65 bits per heavy atom. The first-order valence-corrected chi connectivity index (χ1v) is 5.96. The maximum Gasteiger partial charge on any atom is 0.317 e. The van der Waals surface area contributed by atoms with Gasteiger partial charge in [-0.25, -0.2) is 4.79 Å². The minimum absolute atomic E-state index is 0.00374. The van der Waals surface area contributed by atoms with Crippen LogP contribution in [0.1, 0.15) is 13.3 Å². The number of carbonyl (C=O) groups excluding carboxylic acids is 1. The lowest BCUT2D eigenvalue weighted by atomic mass is 10.3. The smallest absolute Gasteiger partial charge is 0.317 e. The monoisotopic (exact) mass is 242 g/mol. The molecule has 1 fully saturated rings. The number of likely N-dealkylation sites (tertiary alicyclic amines) is 1. The molecule has 5 heteroatoms. The maximum absolute atomic E-state index is 11.8. The fraction of sp³-hybridized carbons (Fsp3) is 0.750. The molecule has 0 bridgehead atoms. The number of ether oxygens (including phenoxy) is 2. The molecule has 0 aliphatic carbocycles. The summed E-state index contributed by atoms with van der Waals surface area (Å²) in [5, 5.41) is 2.85. The number of nitrogens with one attached hydrogen (secondary N) is 1. The Kier molecular flexibility index (Phi) is 6.00. The Labute approximate surface area is 103 Å². The Hall–Kier alpha value is -1.07. The van der Waals surface area contributed by atoms with Crippen LogP contribution in [0.3, 0.4) is 0 Å². The zero-order chi connectivity index (χ0) is 12.7. The third kappa shape index (κ3) is 4.75. The molecule has 17 heavy (non-hydrogen) atoms. The normalized spacial score (nSPS) is 21.3. The predicted molar refractivity (Wildman–Crippen MR) is 66.0 cm³/mol. The fourth-order valence-electron chi connectivity index (χ4n) is 1.69. The first-order chi connectivity index (χ1) is 8.17. The molecule has 0 aromatic rings. The van der Waals surface area contributed by atoms with Crippen LogP contribution in [-0.4, -0.2) is 56.5 Å². The van der Waals surface area contributed by atoms with Crippen LogP contribution in [0, 0.1) is 0 Å². The summed E-state index contributed by atoms with van der Waals surface area (Å²) in [5.41, 5.74) is 0. The zero-order valence-electron chi connectivity index (χ0n) is 10.6. The second-order valence-electron chi connectivity index (χ2n) is 4.19. The first kappa shape index (κ1) is 14.0. The molecule has 0 radical (unpaired) electrons. The van der Waals surface area contributed by atoms with Gasteiger partial charge in [0.15, 0.2) is 0 Å². The van der Waals surface area contributed by atoms with E-state index in [1.165, 1.54) is 0 Å². The average molecular weight is 242 g/mol. The Bertz CT molecular complexity index is 258. The van der Waals surface area contributed by atoms with E-state index in [1.807, 2.05) is 6.92 Å². The molecule has 0 unspecified atom stereocenters. The molecule has 0 aromatic heterocycles. The van der Waals surface area contributed by atoms with Crippen molar-refractivity contribution in [2.45, 2.75) is 25.5 Å². The summed E-state index contributed by atoms with van der Waals surface area (Å²) in [6.45, 7) is 8.10. The number of nitrogens with zero attached hydrogens (tertiary/aromatic N) is 1. The predicted octanol–water partition coefficient (Wildman–Crippen LogP) is 1.01. The van der Waals surface area contributed by atoms with Gasteiger partial charge in [-0.05, 0) is 13.3 Å². The summed E-state index contributed by atoms with van der Waals surface area (Å²) < 4.78 is 10.5. The van der Waals surface area contributed by atoms with E-state index in [1.54, 1.807) is 18.1 Å². The van der Waals surface area contributed by atoms with Crippen LogP contribution in [0.15, 0.2) is 12.7 Å². The molecule has 0 aromatic carbocycles. The molecular formula is C12H22N2O3. The van der Waals surface area contributed by atoms with E-state index >= 15 is 0 Å². The molecule has 2 atom stereocenters. The molecule has 0 spiro atoms. The van der Waals surface area contributed by atoms with Gasteiger partial charge in [0.25, 0.3) is 0 Å². The Morgan fingerprint density at radius 3 is 3.06 bits per heavy atom. The molecule has 2 amide bonds. The van der Waals surface area contributed by atoms with Crippen molar-refractivity contribution in [3.8, 4) is 0 Å². The minimum atomic E-state index is -0.0461. The van der Waals surface area contributed by atoms with Gasteiger partial charge < -0.3 is 19.7 Å². The van der Waals surface area contributed by atoms with Gasteiger partial charge in [-0.3, -0.25) is 0 Å². The van der Waals surface area contributed by atoms with Gasteiger partial charge in [-0.1, -0.05) is 6.08 Å². The summed E-state index contributed by atoms with van der Waals surface area (Å²) in [7, 11) is 1.65. The number of amides is 2. The molecule has 1 N–H and O–H groups in total. The summed E-state index contributed by atoms with van der Waals surface area (Å²) in [6, 6.07) is -0.0498. The molecule has 1 saturated heterocycles. The Morgan fingerprint density at radius 2 is 2.41 bits per heavy atom. The number of rotatable bonds is 6. The molecular weight excluding hydrogens is 220 g/mol. The van der Waals surface area contributed by atoms with Crippen molar-refractivity contribution in [2.24, 2.45) is 0 Å². The minimum Gasteiger partial charge on any atom is -0.382 e. The molecule has 98 valence electrons. The second-order valence-corrected chi connectivity index (χ2v) is 4.19. The number of urea groups is 1. The van der Waals surface area contributed by atoms with Gasteiger partial charge >= 0.3 is 6.03 Å². The highest BCUT2D eigenvalue weighted by Gasteiger charge is 2.26. The quantitative estimate of drug-likeness (QED) is 0.558. The van der Waals surface area contributed by atoms with Crippen LogP contribution in [0.25, 0.3) is 0 Å². The van der Waals surface area contributed by atoms with E-state index in [2.05, 4.69) is 11.9 Å². The van der Waals surface area contributed by atoms with Gasteiger partial charge in [-0.2, -0.15) is 0 Å². The van der Waals surface area contributed by atoms with E-state index in [9.17, 15) is 4.79 Å². The molecule has 1 rings (SSSR count). The van der Waals surface area contributed by atoms with Crippen LogP contribution < -0.4 is 5.32 Å². The summed E-state index contributed by atoms with van der Waals surface area (Å²) >= 11 is 0. The van der Waals surface area contributed by atoms with E-state index in [0.29, 0.717) is 19.8 Å². The van der Waals surface area contributed by atoms with Crippen LogP contribution >= 0.6 is 0 Å². The van der Waals surface area contributed by atoms with E-state index in [-0.39, 0.29) is 18.2 Å². The van der Waals surface area contributed by atoms with Crippen molar-refractivity contribution in [1.82, 2.24) is 10.2 Å². The zero-order valence-corrected chi connectivity index (χ0v) is 10.6. The lowest BCUT2D eigenvalue weighted by molar-refractivity contribution is 0.0236. The number of hydrogen-bond acceptors (Lipinski definition) is 3.